The lowest BCUT2D eigenvalue weighted by molar-refractivity contribution is 0.387. The second-order valence-corrected chi connectivity index (χ2v) is 6.51. The Morgan fingerprint density at radius 1 is 1.38 bits per heavy atom. The van der Waals surface area contributed by atoms with Crippen molar-refractivity contribution in [3.05, 3.63) is 24.0 Å². The van der Waals surface area contributed by atoms with E-state index in [1.807, 2.05) is 12.1 Å². The topological polar surface area (TPSA) is 27.1 Å². The number of benzene rings is 1. The highest BCUT2D eigenvalue weighted by molar-refractivity contribution is 6.17. The molecule has 21 heavy (non-hydrogen) atoms. The molecule has 2 aromatic rings. The van der Waals surface area contributed by atoms with E-state index in [-0.39, 0.29) is 0 Å². The second kappa shape index (κ2) is 5.88. The van der Waals surface area contributed by atoms with Crippen LogP contribution in [0.4, 0.5) is 0 Å². The van der Waals surface area contributed by atoms with Crippen molar-refractivity contribution >= 4 is 22.6 Å². The van der Waals surface area contributed by atoms with Gasteiger partial charge >= 0.3 is 0 Å². The van der Waals surface area contributed by atoms with E-state index in [2.05, 4.69) is 17.6 Å². The van der Waals surface area contributed by atoms with Gasteiger partial charge in [-0.1, -0.05) is 19.4 Å². The maximum atomic E-state index is 5.97. The Kier molecular flexibility index (Phi) is 4.12. The van der Waals surface area contributed by atoms with Crippen LogP contribution in [-0.2, 0) is 13.0 Å². The molecule has 0 N–H and O–H groups in total. The van der Waals surface area contributed by atoms with Crippen molar-refractivity contribution in [2.75, 3.05) is 13.0 Å². The number of fused-ring (bicyclic) bond motifs is 1. The van der Waals surface area contributed by atoms with Crippen molar-refractivity contribution in [1.82, 2.24) is 9.55 Å². The maximum absolute atomic E-state index is 5.97. The quantitative estimate of drug-likeness (QED) is 0.709. The SMILES string of the molecule is CCCC1(Cn2c(CCCl)nc3c(OC)cccc32)CC1. The van der Waals surface area contributed by atoms with Gasteiger partial charge in [-0.25, -0.2) is 4.98 Å². The molecular formula is C17H23ClN2O. The van der Waals surface area contributed by atoms with Gasteiger partial charge in [0.1, 0.15) is 17.1 Å². The van der Waals surface area contributed by atoms with E-state index in [0.29, 0.717) is 11.3 Å². The van der Waals surface area contributed by atoms with Gasteiger partial charge in [0.05, 0.1) is 12.6 Å². The molecule has 0 saturated heterocycles. The van der Waals surface area contributed by atoms with E-state index >= 15 is 0 Å². The summed E-state index contributed by atoms with van der Waals surface area (Å²) < 4.78 is 7.84. The Labute approximate surface area is 131 Å². The largest absolute Gasteiger partial charge is 0.494 e. The van der Waals surface area contributed by atoms with Gasteiger partial charge < -0.3 is 9.30 Å². The standard InChI is InChI=1S/C17H23ClN2O/c1-3-8-17(9-10-17)12-20-13-5-4-6-14(21-2)16(13)19-15(20)7-11-18/h4-6H,3,7-12H2,1-2H3. The molecule has 1 saturated carbocycles. The number of imidazole rings is 1. The molecule has 0 spiro atoms. The molecule has 3 rings (SSSR count). The minimum Gasteiger partial charge on any atom is -0.494 e. The van der Waals surface area contributed by atoms with Crippen molar-refractivity contribution in [2.24, 2.45) is 5.41 Å². The van der Waals surface area contributed by atoms with Gasteiger partial charge in [-0.15, -0.1) is 11.6 Å². The minimum atomic E-state index is 0.493. The van der Waals surface area contributed by atoms with E-state index in [1.165, 1.54) is 31.2 Å². The molecule has 1 aromatic heterocycles. The highest BCUT2D eigenvalue weighted by Crippen LogP contribution is 2.51. The zero-order chi connectivity index (χ0) is 14.9. The third-order valence-corrected chi connectivity index (χ3v) is 4.78. The number of methoxy groups -OCH3 is 1. The Morgan fingerprint density at radius 2 is 2.19 bits per heavy atom. The third kappa shape index (κ3) is 2.76. The molecule has 0 bridgehead atoms. The molecule has 1 heterocycles. The lowest BCUT2D eigenvalue weighted by Gasteiger charge is -2.17. The fraction of sp³-hybridized carbons (Fsp3) is 0.588. The monoisotopic (exact) mass is 306 g/mol. The van der Waals surface area contributed by atoms with Crippen LogP contribution < -0.4 is 4.74 Å². The maximum Gasteiger partial charge on any atom is 0.146 e. The molecule has 1 aromatic carbocycles. The average molecular weight is 307 g/mol. The van der Waals surface area contributed by atoms with Crippen molar-refractivity contribution in [1.29, 1.82) is 0 Å². The van der Waals surface area contributed by atoms with Crippen molar-refractivity contribution in [3.8, 4) is 5.75 Å². The highest BCUT2D eigenvalue weighted by atomic mass is 35.5. The van der Waals surface area contributed by atoms with Crippen molar-refractivity contribution in [3.63, 3.8) is 0 Å². The molecule has 3 nitrogen and oxygen atoms in total. The van der Waals surface area contributed by atoms with Crippen LogP contribution in [0, 0.1) is 5.41 Å². The zero-order valence-corrected chi connectivity index (χ0v) is 13.6. The number of nitrogens with zero attached hydrogens (tertiary/aromatic N) is 2. The number of hydrogen-bond acceptors (Lipinski definition) is 2. The number of hydrogen-bond donors (Lipinski definition) is 0. The van der Waals surface area contributed by atoms with Crippen LogP contribution in [0.25, 0.3) is 11.0 Å². The van der Waals surface area contributed by atoms with Crippen LogP contribution in [-0.4, -0.2) is 22.5 Å². The summed E-state index contributed by atoms with van der Waals surface area (Å²) in [6.07, 6.45) is 6.04. The Bertz CT molecular complexity index is 631. The van der Waals surface area contributed by atoms with Gasteiger partial charge in [0, 0.05) is 18.8 Å². The number of rotatable bonds is 7. The predicted molar refractivity (Wildman–Crippen MR) is 87.3 cm³/mol. The zero-order valence-electron chi connectivity index (χ0n) is 12.9. The summed E-state index contributed by atoms with van der Waals surface area (Å²) in [5.41, 5.74) is 2.64. The third-order valence-electron chi connectivity index (χ3n) is 4.59. The van der Waals surface area contributed by atoms with Crippen LogP contribution in [0.5, 0.6) is 5.75 Å². The smallest absolute Gasteiger partial charge is 0.146 e. The number of alkyl halides is 1. The van der Waals surface area contributed by atoms with Crippen LogP contribution in [0.3, 0.4) is 0 Å². The minimum absolute atomic E-state index is 0.493. The van der Waals surface area contributed by atoms with Crippen molar-refractivity contribution < 1.29 is 4.74 Å². The van der Waals surface area contributed by atoms with Gasteiger partial charge in [0.25, 0.3) is 0 Å². The first-order valence-electron chi connectivity index (χ1n) is 7.81. The predicted octanol–water partition coefficient (Wildman–Crippen LogP) is 4.41. The van der Waals surface area contributed by atoms with Gasteiger partial charge in [-0.2, -0.15) is 0 Å². The number of ether oxygens (including phenoxy) is 1. The molecule has 0 aliphatic heterocycles. The lowest BCUT2D eigenvalue weighted by atomic mass is 10.0. The molecule has 0 amide bonds. The number of aromatic nitrogens is 2. The van der Waals surface area contributed by atoms with Gasteiger partial charge in [0.15, 0.2) is 0 Å². The summed E-state index contributed by atoms with van der Waals surface area (Å²) in [4.78, 5) is 4.80. The Hall–Kier alpha value is -1.22. The van der Waals surface area contributed by atoms with Gasteiger partial charge in [-0.05, 0) is 36.8 Å². The summed E-state index contributed by atoms with van der Waals surface area (Å²) in [7, 11) is 1.70. The van der Waals surface area contributed by atoms with Gasteiger partial charge in [0.2, 0.25) is 0 Å². The lowest BCUT2D eigenvalue weighted by Crippen LogP contribution is -2.14. The molecule has 1 fully saturated rings. The fourth-order valence-electron chi connectivity index (χ4n) is 3.32. The molecule has 0 atom stereocenters. The first kappa shape index (κ1) is 14.7. The Balaban J connectivity index is 2.04. The highest BCUT2D eigenvalue weighted by Gasteiger charge is 2.42. The van der Waals surface area contributed by atoms with E-state index in [4.69, 9.17) is 21.3 Å². The number of para-hydroxylation sites is 1. The summed E-state index contributed by atoms with van der Waals surface area (Å²) in [6, 6.07) is 6.16. The number of halogens is 1. The van der Waals surface area contributed by atoms with E-state index in [0.717, 1.165) is 30.1 Å². The summed E-state index contributed by atoms with van der Waals surface area (Å²) in [5.74, 6) is 2.54. The summed E-state index contributed by atoms with van der Waals surface area (Å²) in [5, 5.41) is 0. The van der Waals surface area contributed by atoms with E-state index in [9.17, 15) is 0 Å². The van der Waals surface area contributed by atoms with Crippen molar-refractivity contribution in [2.45, 2.75) is 45.6 Å². The first-order valence-corrected chi connectivity index (χ1v) is 8.34. The van der Waals surface area contributed by atoms with Crippen LogP contribution in [0.2, 0.25) is 0 Å². The second-order valence-electron chi connectivity index (χ2n) is 6.13. The molecular weight excluding hydrogens is 284 g/mol. The summed E-state index contributed by atoms with van der Waals surface area (Å²) in [6.45, 7) is 3.34. The molecule has 4 heteroatoms. The summed E-state index contributed by atoms with van der Waals surface area (Å²) >= 11 is 5.97. The average Bonchev–Trinajstić information content (AvgIpc) is 3.16. The van der Waals surface area contributed by atoms with E-state index in [1.54, 1.807) is 7.11 Å². The van der Waals surface area contributed by atoms with Crippen LogP contribution in [0.1, 0.15) is 38.4 Å². The van der Waals surface area contributed by atoms with Gasteiger partial charge in [-0.3, -0.25) is 0 Å². The number of aryl methyl sites for hydroxylation is 1. The van der Waals surface area contributed by atoms with Crippen LogP contribution >= 0.6 is 11.6 Å². The molecule has 0 unspecified atom stereocenters. The molecule has 1 aliphatic carbocycles. The molecule has 1 aliphatic rings. The fourth-order valence-corrected chi connectivity index (χ4v) is 3.48. The Morgan fingerprint density at radius 3 is 2.81 bits per heavy atom. The molecule has 114 valence electrons. The molecule has 0 radical (unpaired) electrons. The first-order chi connectivity index (χ1) is 10.2. The van der Waals surface area contributed by atoms with Crippen LogP contribution in [0.15, 0.2) is 18.2 Å². The van der Waals surface area contributed by atoms with E-state index < -0.39 is 0 Å². The normalized spacial score (nSPS) is 16.3.